The second kappa shape index (κ2) is 9.29. The minimum Gasteiger partial charge on any atom is -0.340 e. The fourth-order valence-electron chi connectivity index (χ4n) is 4.37. The smallest absolute Gasteiger partial charge is 0.229 e. The first kappa shape index (κ1) is 24.4. The van der Waals surface area contributed by atoms with Crippen LogP contribution in [0.5, 0.6) is 0 Å². The molecular weight excluding hydrogens is 470 g/mol. The maximum Gasteiger partial charge on any atom is 0.229 e. The van der Waals surface area contributed by atoms with Gasteiger partial charge in [0.2, 0.25) is 5.91 Å². The monoisotopic (exact) mass is 503 g/mol. The van der Waals surface area contributed by atoms with Crippen LogP contribution in [0, 0.1) is 5.41 Å². The van der Waals surface area contributed by atoms with Gasteiger partial charge in [0.25, 0.3) is 0 Å². The molecule has 8 nitrogen and oxygen atoms in total. The number of benzene rings is 1. The average molecular weight is 504 g/mol. The molecule has 0 aliphatic carbocycles. The van der Waals surface area contributed by atoms with Crippen LogP contribution in [0.3, 0.4) is 0 Å². The lowest BCUT2D eigenvalue weighted by atomic mass is 9.89. The Bertz CT molecular complexity index is 1440. The summed E-state index contributed by atoms with van der Waals surface area (Å²) in [5.74, 6) is 0.939. The fraction of sp³-hybridized carbons (Fsp3) is 0.407. The highest BCUT2D eigenvalue weighted by atomic mass is 32.1. The number of anilines is 2. The molecule has 3 N–H and O–H groups in total. The maximum absolute atomic E-state index is 13.2. The summed E-state index contributed by atoms with van der Waals surface area (Å²) in [6.45, 7) is 12.3. The van der Waals surface area contributed by atoms with Gasteiger partial charge in [0, 0.05) is 36.6 Å². The van der Waals surface area contributed by atoms with Crippen LogP contribution in [0.15, 0.2) is 42.2 Å². The van der Waals surface area contributed by atoms with Crippen molar-refractivity contribution in [3.63, 3.8) is 0 Å². The van der Waals surface area contributed by atoms with E-state index < -0.39 is 5.41 Å². The third kappa shape index (κ3) is 5.12. The Hall–Kier alpha value is -3.30. The number of fused-ring (bicyclic) bond motifs is 2. The summed E-state index contributed by atoms with van der Waals surface area (Å²) in [6.07, 6.45) is 4.51. The van der Waals surface area contributed by atoms with Crippen LogP contribution in [0.25, 0.3) is 26.8 Å². The highest BCUT2D eigenvalue weighted by Gasteiger charge is 2.33. The summed E-state index contributed by atoms with van der Waals surface area (Å²) < 4.78 is 1.13. The molecule has 9 heteroatoms. The van der Waals surface area contributed by atoms with Crippen LogP contribution in [-0.2, 0) is 4.79 Å². The fourth-order valence-corrected chi connectivity index (χ4v) is 5.09. The molecule has 188 valence electrons. The number of hydrogen-bond acceptors (Lipinski definition) is 7. The molecule has 0 saturated heterocycles. The summed E-state index contributed by atoms with van der Waals surface area (Å²) in [5.41, 5.74) is 6.33. The molecule has 0 radical (unpaired) electrons. The van der Waals surface area contributed by atoms with E-state index >= 15 is 0 Å². The molecule has 0 bridgehead atoms. The van der Waals surface area contributed by atoms with E-state index in [-0.39, 0.29) is 11.4 Å². The number of amides is 1. The Morgan fingerprint density at radius 3 is 2.72 bits per heavy atom. The van der Waals surface area contributed by atoms with Gasteiger partial charge >= 0.3 is 0 Å². The Kier molecular flexibility index (Phi) is 6.30. The lowest BCUT2D eigenvalue weighted by Crippen LogP contribution is -2.50. The van der Waals surface area contributed by atoms with Gasteiger partial charge < -0.3 is 20.5 Å². The van der Waals surface area contributed by atoms with Crippen LogP contribution in [0.1, 0.15) is 46.7 Å². The van der Waals surface area contributed by atoms with Crippen molar-refractivity contribution in [2.75, 3.05) is 25.0 Å². The number of carbonyl (C=O) groups is 1. The zero-order valence-electron chi connectivity index (χ0n) is 21.5. The average Bonchev–Trinajstić information content (AvgIpc) is 3.49. The van der Waals surface area contributed by atoms with Crippen molar-refractivity contribution in [2.45, 2.75) is 46.6 Å². The van der Waals surface area contributed by atoms with E-state index in [1.807, 2.05) is 36.4 Å². The number of hydrogen-bond donors (Lipinski definition) is 3. The molecule has 4 aromatic rings. The van der Waals surface area contributed by atoms with E-state index in [4.69, 9.17) is 0 Å². The number of aromatic nitrogens is 4. The zero-order chi connectivity index (χ0) is 25.5. The first-order chi connectivity index (χ1) is 17.1. The van der Waals surface area contributed by atoms with Crippen molar-refractivity contribution >= 4 is 55.6 Å². The summed E-state index contributed by atoms with van der Waals surface area (Å²) >= 11 is 1.62. The number of thiazole rings is 1. The third-order valence-corrected chi connectivity index (χ3v) is 7.29. The molecule has 1 amide bonds. The quantitative estimate of drug-likeness (QED) is 0.328. The second-order valence-corrected chi connectivity index (χ2v) is 11.9. The zero-order valence-corrected chi connectivity index (χ0v) is 22.3. The van der Waals surface area contributed by atoms with Crippen molar-refractivity contribution in [3.05, 3.63) is 47.9 Å². The van der Waals surface area contributed by atoms with Crippen molar-refractivity contribution in [3.8, 4) is 0 Å². The lowest BCUT2D eigenvalue weighted by Gasteiger charge is -2.35. The molecule has 0 saturated carbocycles. The predicted molar refractivity (Wildman–Crippen MR) is 148 cm³/mol. The second-order valence-electron chi connectivity index (χ2n) is 11.0. The third-order valence-electron chi connectivity index (χ3n) is 6.50. The van der Waals surface area contributed by atoms with Gasteiger partial charge in [-0.15, -0.1) is 11.3 Å². The van der Waals surface area contributed by atoms with Crippen molar-refractivity contribution in [1.29, 1.82) is 0 Å². The number of carbonyl (C=O) groups excluding carboxylic acids is 1. The Labute approximate surface area is 215 Å². The molecule has 3 aromatic heterocycles. The van der Waals surface area contributed by atoms with Gasteiger partial charge in [-0.3, -0.25) is 4.79 Å². The molecule has 0 unspecified atom stereocenters. The van der Waals surface area contributed by atoms with Gasteiger partial charge in [-0.25, -0.2) is 15.0 Å². The largest absolute Gasteiger partial charge is 0.340 e. The molecule has 0 atom stereocenters. The van der Waals surface area contributed by atoms with Gasteiger partial charge in [-0.1, -0.05) is 6.08 Å². The molecule has 0 fully saturated rings. The highest BCUT2D eigenvalue weighted by Crippen LogP contribution is 2.31. The van der Waals surface area contributed by atoms with Crippen molar-refractivity contribution in [2.24, 2.45) is 5.41 Å². The molecule has 1 aliphatic heterocycles. The van der Waals surface area contributed by atoms with Crippen LogP contribution in [0.4, 0.5) is 11.5 Å². The number of rotatable bonds is 6. The van der Waals surface area contributed by atoms with Crippen LogP contribution in [-0.4, -0.2) is 55.9 Å². The van der Waals surface area contributed by atoms with Gasteiger partial charge in [0.1, 0.15) is 17.8 Å². The summed E-state index contributed by atoms with van der Waals surface area (Å²) in [6, 6.07) is 8.21. The first-order valence-electron chi connectivity index (χ1n) is 12.3. The molecule has 5 rings (SSSR count). The van der Waals surface area contributed by atoms with Crippen molar-refractivity contribution < 1.29 is 4.79 Å². The molecule has 36 heavy (non-hydrogen) atoms. The first-order valence-corrected chi connectivity index (χ1v) is 13.1. The Balaban J connectivity index is 1.31. The van der Waals surface area contributed by atoms with E-state index in [9.17, 15) is 4.79 Å². The normalized spacial score (nSPS) is 14.9. The number of aromatic amines is 1. The topological polar surface area (TPSA) is 98.8 Å². The molecule has 0 spiro atoms. The lowest BCUT2D eigenvalue weighted by molar-refractivity contribution is -0.139. The summed E-state index contributed by atoms with van der Waals surface area (Å²) in [5, 5.41) is 7.84. The number of H-pyrrole nitrogens is 1. The highest BCUT2D eigenvalue weighted by molar-refractivity contribution is 7.16. The molecule has 1 aromatic carbocycles. The van der Waals surface area contributed by atoms with Crippen LogP contribution < -0.4 is 10.6 Å². The van der Waals surface area contributed by atoms with E-state index in [0.717, 1.165) is 44.9 Å². The standard InChI is InChI=1S/C27H33N7OS/c1-26(2,3)31-14-27(4,5)25(35)34-10-8-17(9-11-34)21-13-19-23(28-15-29-24(19)33-21)32-18-6-7-20-22(12-18)36-16-30-20/h6-8,12-13,15-16,31H,9-11,14H2,1-5H3,(H2,28,29,32,33). The summed E-state index contributed by atoms with van der Waals surface area (Å²) in [7, 11) is 0. The number of nitrogens with zero attached hydrogens (tertiary/aromatic N) is 4. The van der Waals surface area contributed by atoms with Gasteiger partial charge in [0.05, 0.1) is 26.5 Å². The van der Waals surface area contributed by atoms with E-state index in [1.54, 1.807) is 17.7 Å². The Morgan fingerprint density at radius 2 is 1.97 bits per heavy atom. The summed E-state index contributed by atoms with van der Waals surface area (Å²) in [4.78, 5) is 31.9. The number of nitrogens with one attached hydrogen (secondary N) is 3. The maximum atomic E-state index is 13.2. The van der Waals surface area contributed by atoms with Gasteiger partial charge in [-0.2, -0.15) is 0 Å². The van der Waals surface area contributed by atoms with Gasteiger partial charge in [0.15, 0.2) is 0 Å². The molecular formula is C27H33N7OS. The Morgan fingerprint density at radius 1 is 1.14 bits per heavy atom. The minimum atomic E-state index is -0.460. The van der Waals surface area contributed by atoms with Crippen LogP contribution in [0.2, 0.25) is 0 Å². The van der Waals surface area contributed by atoms with E-state index in [1.165, 1.54) is 5.57 Å². The van der Waals surface area contributed by atoms with E-state index in [2.05, 4.69) is 69.5 Å². The molecule has 4 heterocycles. The van der Waals surface area contributed by atoms with E-state index in [0.29, 0.717) is 19.6 Å². The SMILES string of the molecule is CC(C)(C)NCC(C)(C)C(=O)N1CC=C(c2cc3c(Nc4ccc5ncsc5c4)ncnc3[nH]2)CC1. The van der Waals surface area contributed by atoms with Crippen LogP contribution >= 0.6 is 11.3 Å². The minimum absolute atomic E-state index is 0.0212. The van der Waals surface area contributed by atoms with Crippen molar-refractivity contribution in [1.82, 2.24) is 30.2 Å². The molecule has 1 aliphatic rings. The predicted octanol–water partition coefficient (Wildman–Crippen LogP) is 5.34. The van der Waals surface area contributed by atoms with Gasteiger partial charge in [-0.05, 0) is 70.9 Å².